The van der Waals surface area contributed by atoms with Crippen LogP contribution in [0.1, 0.15) is 29.8 Å². The van der Waals surface area contributed by atoms with Gasteiger partial charge >= 0.3 is 0 Å². The quantitative estimate of drug-likeness (QED) is 0.827. The normalized spacial score (nSPS) is 10.2. The number of hydrogen-bond donors (Lipinski definition) is 2. The molecule has 23 heavy (non-hydrogen) atoms. The van der Waals surface area contributed by atoms with Crippen LogP contribution in [-0.2, 0) is 6.54 Å². The van der Waals surface area contributed by atoms with Crippen LogP contribution >= 0.6 is 12.2 Å². The van der Waals surface area contributed by atoms with Crippen LogP contribution in [-0.4, -0.2) is 17.1 Å². The summed E-state index contributed by atoms with van der Waals surface area (Å²) in [6.45, 7) is 4.52. The van der Waals surface area contributed by atoms with E-state index in [1.807, 2.05) is 56.3 Å². The number of rotatable bonds is 5. The highest BCUT2D eigenvalue weighted by atomic mass is 32.1. The van der Waals surface area contributed by atoms with Crippen molar-refractivity contribution in [1.82, 2.24) is 10.6 Å². The molecule has 0 saturated carbocycles. The molecule has 5 heteroatoms. The van der Waals surface area contributed by atoms with Gasteiger partial charge in [-0.15, -0.1) is 0 Å². The maximum atomic E-state index is 12.0. The van der Waals surface area contributed by atoms with E-state index >= 15 is 0 Å². The Morgan fingerprint density at radius 2 is 1.74 bits per heavy atom. The van der Waals surface area contributed by atoms with E-state index in [0.29, 0.717) is 17.2 Å². The summed E-state index contributed by atoms with van der Waals surface area (Å²) in [5.74, 6) is 0.618. The minimum absolute atomic E-state index is 0.153. The number of amides is 1. The van der Waals surface area contributed by atoms with E-state index in [1.54, 1.807) is 12.1 Å². The number of hydrogen-bond acceptors (Lipinski definition) is 3. The molecule has 0 atom stereocenters. The van der Waals surface area contributed by atoms with Crippen molar-refractivity contribution in [2.24, 2.45) is 0 Å². The Morgan fingerprint density at radius 1 is 1.09 bits per heavy atom. The summed E-state index contributed by atoms with van der Waals surface area (Å²) >= 11 is 5.14. The Morgan fingerprint density at radius 3 is 2.35 bits per heavy atom. The lowest BCUT2D eigenvalue weighted by atomic mass is 10.2. The van der Waals surface area contributed by atoms with E-state index in [-0.39, 0.29) is 12.0 Å². The summed E-state index contributed by atoms with van der Waals surface area (Å²) in [6.07, 6.45) is 0.153. The molecule has 1 amide bonds. The fourth-order valence-electron chi connectivity index (χ4n) is 1.95. The lowest BCUT2D eigenvalue weighted by molar-refractivity contribution is 0.0976. The molecule has 2 N–H and O–H groups in total. The molecule has 4 nitrogen and oxygen atoms in total. The van der Waals surface area contributed by atoms with Crippen molar-refractivity contribution in [2.75, 3.05) is 0 Å². The molecule has 0 aliphatic rings. The van der Waals surface area contributed by atoms with Gasteiger partial charge in [0.05, 0.1) is 6.10 Å². The monoisotopic (exact) mass is 328 g/mol. The van der Waals surface area contributed by atoms with E-state index < -0.39 is 0 Å². The first-order valence-corrected chi connectivity index (χ1v) is 7.85. The third kappa shape index (κ3) is 5.71. The Hall–Kier alpha value is -2.40. The van der Waals surface area contributed by atoms with Gasteiger partial charge < -0.3 is 10.1 Å². The first kappa shape index (κ1) is 17.0. The highest BCUT2D eigenvalue weighted by Gasteiger charge is 2.06. The van der Waals surface area contributed by atoms with Gasteiger partial charge in [-0.2, -0.15) is 0 Å². The Labute approximate surface area is 141 Å². The van der Waals surface area contributed by atoms with Crippen molar-refractivity contribution in [3.05, 3.63) is 65.7 Å². The van der Waals surface area contributed by atoms with E-state index in [4.69, 9.17) is 17.0 Å². The van der Waals surface area contributed by atoms with Gasteiger partial charge in [0.25, 0.3) is 5.91 Å². The Kier molecular flexibility index (Phi) is 6.11. The van der Waals surface area contributed by atoms with Crippen molar-refractivity contribution < 1.29 is 9.53 Å². The fraction of sp³-hybridized carbons (Fsp3) is 0.222. The lowest BCUT2D eigenvalue weighted by Crippen LogP contribution is -2.38. The van der Waals surface area contributed by atoms with Crippen LogP contribution in [0.5, 0.6) is 5.75 Å². The number of nitrogens with one attached hydrogen (secondary N) is 2. The molecular formula is C18H20N2O2S. The molecule has 0 fully saturated rings. The van der Waals surface area contributed by atoms with Gasteiger partial charge in [-0.1, -0.05) is 30.3 Å². The molecule has 2 aromatic rings. The zero-order valence-electron chi connectivity index (χ0n) is 13.2. The molecule has 120 valence electrons. The van der Waals surface area contributed by atoms with Gasteiger partial charge in [-0.25, -0.2) is 0 Å². The van der Waals surface area contributed by atoms with Crippen molar-refractivity contribution in [3.63, 3.8) is 0 Å². The lowest BCUT2D eigenvalue weighted by Gasteiger charge is -2.12. The van der Waals surface area contributed by atoms with Gasteiger partial charge in [0.2, 0.25) is 0 Å². The number of benzene rings is 2. The predicted octanol–water partition coefficient (Wildman–Crippen LogP) is 3.28. The fourth-order valence-corrected chi connectivity index (χ4v) is 2.11. The average molecular weight is 328 g/mol. The summed E-state index contributed by atoms with van der Waals surface area (Å²) < 4.78 is 5.59. The molecule has 0 unspecified atom stereocenters. The largest absolute Gasteiger partial charge is 0.491 e. The molecule has 0 heterocycles. The molecule has 0 spiro atoms. The standard InChI is InChI=1S/C18H20N2O2S/c1-13(2)22-16-10-8-14(9-11-16)12-19-18(23)20-17(21)15-6-4-3-5-7-15/h3-11,13H,12H2,1-2H3,(H2,19,20,21,23). The van der Waals surface area contributed by atoms with Crippen molar-refractivity contribution in [1.29, 1.82) is 0 Å². The number of thiocarbonyl (C=S) groups is 1. The molecule has 0 aliphatic carbocycles. The molecular weight excluding hydrogens is 308 g/mol. The maximum Gasteiger partial charge on any atom is 0.257 e. The molecule has 0 aliphatic heterocycles. The summed E-state index contributed by atoms with van der Waals surface area (Å²) in [7, 11) is 0. The first-order chi connectivity index (χ1) is 11.0. The molecule has 0 saturated heterocycles. The minimum atomic E-state index is -0.219. The van der Waals surface area contributed by atoms with Gasteiger partial charge in [0.1, 0.15) is 5.75 Å². The second-order valence-electron chi connectivity index (χ2n) is 5.31. The Balaban J connectivity index is 1.81. The van der Waals surface area contributed by atoms with Crippen molar-refractivity contribution in [3.8, 4) is 5.75 Å². The molecule has 0 bridgehead atoms. The summed E-state index contributed by atoms with van der Waals surface area (Å²) in [5, 5.41) is 5.99. The average Bonchev–Trinajstić information content (AvgIpc) is 2.54. The number of carbonyl (C=O) groups excluding carboxylic acids is 1. The van der Waals surface area contributed by atoms with E-state index in [1.165, 1.54) is 0 Å². The van der Waals surface area contributed by atoms with Gasteiger partial charge in [0, 0.05) is 12.1 Å². The zero-order valence-corrected chi connectivity index (χ0v) is 14.0. The van der Waals surface area contributed by atoms with Crippen molar-refractivity contribution in [2.45, 2.75) is 26.5 Å². The summed E-state index contributed by atoms with van der Waals surface area (Å²) in [6, 6.07) is 16.7. The minimum Gasteiger partial charge on any atom is -0.491 e. The Bertz CT molecular complexity index is 654. The maximum absolute atomic E-state index is 12.0. The second-order valence-corrected chi connectivity index (χ2v) is 5.72. The van der Waals surface area contributed by atoms with Crippen LogP contribution in [0.25, 0.3) is 0 Å². The van der Waals surface area contributed by atoms with Crippen molar-refractivity contribution >= 4 is 23.2 Å². The predicted molar refractivity (Wildman–Crippen MR) is 95.6 cm³/mol. The first-order valence-electron chi connectivity index (χ1n) is 7.44. The van der Waals surface area contributed by atoms with Gasteiger partial charge in [-0.3, -0.25) is 10.1 Å². The van der Waals surface area contributed by atoms with Crippen LogP contribution in [0.15, 0.2) is 54.6 Å². The van der Waals surface area contributed by atoms with E-state index in [9.17, 15) is 4.79 Å². The summed E-state index contributed by atoms with van der Waals surface area (Å²) in [5.41, 5.74) is 1.63. The number of carbonyl (C=O) groups is 1. The topological polar surface area (TPSA) is 50.4 Å². The van der Waals surface area contributed by atoms with Gasteiger partial charge in [0.15, 0.2) is 5.11 Å². The van der Waals surface area contributed by atoms with Crippen LogP contribution < -0.4 is 15.4 Å². The highest BCUT2D eigenvalue weighted by Crippen LogP contribution is 2.13. The number of ether oxygens (including phenoxy) is 1. The molecule has 0 radical (unpaired) electrons. The second kappa shape index (κ2) is 8.29. The van der Waals surface area contributed by atoms with Crippen LogP contribution in [0.2, 0.25) is 0 Å². The third-order valence-electron chi connectivity index (χ3n) is 3.01. The van der Waals surface area contributed by atoms with E-state index in [0.717, 1.165) is 11.3 Å². The SMILES string of the molecule is CC(C)Oc1ccc(CNC(=S)NC(=O)c2ccccc2)cc1. The molecule has 2 rings (SSSR count). The smallest absolute Gasteiger partial charge is 0.257 e. The summed E-state index contributed by atoms with van der Waals surface area (Å²) in [4.78, 5) is 12.0. The van der Waals surface area contributed by atoms with Crippen LogP contribution in [0.3, 0.4) is 0 Å². The van der Waals surface area contributed by atoms with Crippen LogP contribution in [0, 0.1) is 0 Å². The highest BCUT2D eigenvalue weighted by molar-refractivity contribution is 7.80. The third-order valence-corrected chi connectivity index (χ3v) is 3.26. The molecule has 0 aromatic heterocycles. The van der Waals surface area contributed by atoms with E-state index in [2.05, 4.69) is 10.6 Å². The van der Waals surface area contributed by atoms with Crippen LogP contribution in [0.4, 0.5) is 0 Å². The molecule has 2 aromatic carbocycles. The zero-order chi connectivity index (χ0) is 16.7. The van der Waals surface area contributed by atoms with Gasteiger partial charge in [-0.05, 0) is 55.9 Å².